The second-order valence-corrected chi connectivity index (χ2v) is 5.89. The second-order valence-electron chi connectivity index (χ2n) is 5.89. The normalized spacial score (nSPS) is 14.7. The van der Waals surface area contributed by atoms with Gasteiger partial charge in [-0.2, -0.15) is 5.10 Å². The van der Waals surface area contributed by atoms with E-state index in [1.54, 1.807) is 0 Å². The van der Waals surface area contributed by atoms with Crippen LogP contribution in [0.5, 0.6) is 0 Å². The van der Waals surface area contributed by atoms with Crippen molar-refractivity contribution < 1.29 is 9.53 Å². The van der Waals surface area contributed by atoms with Gasteiger partial charge in [0, 0.05) is 24.7 Å². The third-order valence-electron chi connectivity index (χ3n) is 3.30. The molecule has 1 aromatic heterocycles. The smallest absolute Gasteiger partial charge is 0.330 e. The molecule has 20 heavy (non-hydrogen) atoms. The molecule has 0 saturated heterocycles. The minimum absolute atomic E-state index is 0.0571. The van der Waals surface area contributed by atoms with E-state index in [0.717, 1.165) is 18.5 Å². The Bertz CT molecular complexity index is 463. The molecule has 0 bridgehead atoms. The lowest BCUT2D eigenvalue weighted by Crippen LogP contribution is -2.24. The molecule has 0 saturated carbocycles. The number of rotatable bonds is 7. The minimum Gasteiger partial charge on any atom is -0.463 e. The standard InChI is InChI=1S/C16H26N2O2/c1-6-20-15(19)8-7-10-16(4,12-13(2)3)14-9-11-18(5)17-14/h7-9,11,13H,6,10,12H2,1-5H3/b8-7+. The van der Waals surface area contributed by atoms with Gasteiger partial charge in [0.2, 0.25) is 0 Å². The number of carbonyl (C=O) groups excluding carboxylic acids is 1. The lowest BCUT2D eigenvalue weighted by molar-refractivity contribution is -0.137. The molecule has 1 heterocycles. The molecule has 112 valence electrons. The number of allylic oxidation sites excluding steroid dienone is 1. The molecular weight excluding hydrogens is 252 g/mol. The van der Waals surface area contributed by atoms with Gasteiger partial charge >= 0.3 is 5.97 Å². The van der Waals surface area contributed by atoms with E-state index < -0.39 is 0 Å². The fraction of sp³-hybridized carbons (Fsp3) is 0.625. The summed E-state index contributed by atoms with van der Waals surface area (Å²) < 4.78 is 6.72. The van der Waals surface area contributed by atoms with Gasteiger partial charge in [0.25, 0.3) is 0 Å². The fourth-order valence-electron chi connectivity index (χ4n) is 2.54. The van der Waals surface area contributed by atoms with E-state index in [0.29, 0.717) is 12.5 Å². The second kappa shape index (κ2) is 7.27. The zero-order valence-corrected chi connectivity index (χ0v) is 13.2. The molecule has 1 atom stereocenters. The molecule has 0 N–H and O–H groups in total. The van der Waals surface area contributed by atoms with Crippen LogP contribution in [0.1, 0.15) is 46.2 Å². The lowest BCUT2D eigenvalue weighted by Gasteiger charge is -2.28. The van der Waals surface area contributed by atoms with Crippen LogP contribution < -0.4 is 0 Å². The van der Waals surface area contributed by atoms with E-state index in [9.17, 15) is 4.79 Å². The van der Waals surface area contributed by atoms with Crippen molar-refractivity contribution in [3.8, 4) is 0 Å². The number of ether oxygens (including phenoxy) is 1. The van der Waals surface area contributed by atoms with Crippen LogP contribution in [0.15, 0.2) is 24.4 Å². The number of esters is 1. The lowest BCUT2D eigenvalue weighted by atomic mass is 9.76. The zero-order valence-electron chi connectivity index (χ0n) is 13.2. The first-order chi connectivity index (χ1) is 9.37. The summed E-state index contributed by atoms with van der Waals surface area (Å²) in [6.45, 7) is 8.83. The molecule has 0 aliphatic heterocycles. The Labute approximate surface area is 121 Å². The highest BCUT2D eigenvalue weighted by Crippen LogP contribution is 2.33. The number of nitrogens with zero attached hydrogens (tertiary/aromatic N) is 2. The predicted octanol–water partition coefficient (Wildman–Crippen LogP) is 3.23. The summed E-state index contributed by atoms with van der Waals surface area (Å²) in [4.78, 5) is 11.4. The molecule has 0 amide bonds. The summed E-state index contributed by atoms with van der Waals surface area (Å²) in [5, 5.41) is 4.54. The summed E-state index contributed by atoms with van der Waals surface area (Å²) in [6, 6.07) is 2.06. The minimum atomic E-state index is -0.277. The molecule has 1 aromatic rings. The highest BCUT2D eigenvalue weighted by Gasteiger charge is 2.28. The molecule has 0 aliphatic rings. The highest BCUT2D eigenvalue weighted by atomic mass is 16.5. The van der Waals surface area contributed by atoms with Gasteiger partial charge in [-0.05, 0) is 31.7 Å². The van der Waals surface area contributed by atoms with Crippen molar-refractivity contribution in [2.45, 2.75) is 46.0 Å². The molecule has 4 heteroatoms. The van der Waals surface area contributed by atoms with Crippen LogP contribution in [0.2, 0.25) is 0 Å². The van der Waals surface area contributed by atoms with Gasteiger partial charge in [-0.15, -0.1) is 0 Å². The van der Waals surface area contributed by atoms with Crippen LogP contribution in [-0.4, -0.2) is 22.4 Å². The maximum atomic E-state index is 11.4. The van der Waals surface area contributed by atoms with E-state index in [2.05, 4.69) is 31.9 Å². The third kappa shape index (κ3) is 4.83. The Morgan fingerprint density at radius 2 is 2.25 bits per heavy atom. The number of aryl methyl sites for hydroxylation is 1. The Balaban J connectivity index is 2.81. The van der Waals surface area contributed by atoms with Crippen molar-refractivity contribution in [2.75, 3.05) is 6.61 Å². The van der Waals surface area contributed by atoms with Crippen molar-refractivity contribution in [1.29, 1.82) is 0 Å². The molecule has 0 aliphatic carbocycles. The molecule has 0 radical (unpaired) electrons. The van der Waals surface area contributed by atoms with Gasteiger partial charge in [0.05, 0.1) is 12.3 Å². The fourth-order valence-corrected chi connectivity index (χ4v) is 2.54. The van der Waals surface area contributed by atoms with Crippen LogP contribution in [0.3, 0.4) is 0 Å². The van der Waals surface area contributed by atoms with E-state index in [4.69, 9.17) is 4.74 Å². The largest absolute Gasteiger partial charge is 0.463 e. The Morgan fingerprint density at radius 1 is 1.55 bits per heavy atom. The summed E-state index contributed by atoms with van der Waals surface area (Å²) in [5.41, 5.74) is 1.01. The Hall–Kier alpha value is -1.58. The maximum absolute atomic E-state index is 11.4. The average molecular weight is 278 g/mol. The average Bonchev–Trinajstić information content (AvgIpc) is 2.76. The highest BCUT2D eigenvalue weighted by molar-refractivity contribution is 5.81. The van der Waals surface area contributed by atoms with E-state index in [-0.39, 0.29) is 11.4 Å². The Kier molecular flexibility index (Phi) is 5.99. The first-order valence-electron chi connectivity index (χ1n) is 7.21. The SMILES string of the molecule is CCOC(=O)/C=C/CC(C)(CC(C)C)c1ccn(C)n1. The van der Waals surface area contributed by atoms with Crippen LogP contribution in [0.4, 0.5) is 0 Å². The number of carbonyl (C=O) groups is 1. The number of hydrogen-bond donors (Lipinski definition) is 0. The van der Waals surface area contributed by atoms with Crippen molar-refractivity contribution in [1.82, 2.24) is 9.78 Å². The molecular formula is C16H26N2O2. The molecule has 0 fully saturated rings. The van der Waals surface area contributed by atoms with Gasteiger partial charge < -0.3 is 4.74 Å². The molecule has 1 unspecified atom stereocenters. The van der Waals surface area contributed by atoms with Gasteiger partial charge in [0.15, 0.2) is 0 Å². The topological polar surface area (TPSA) is 44.1 Å². The first-order valence-corrected chi connectivity index (χ1v) is 7.21. The van der Waals surface area contributed by atoms with Gasteiger partial charge in [-0.1, -0.05) is 26.8 Å². The van der Waals surface area contributed by atoms with E-state index in [1.807, 2.05) is 30.9 Å². The summed E-state index contributed by atoms with van der Waals surface area (Å²) in [5.74, 6) is 0.290. The predicted molar refractivity (Wildman–Crippen MR) is 80.4 cm³/mol. The Morgan fingerprint density at radius 3 is 2.75 bits per heavy atom. The van der Waals surface area contributed by atoms with E-state index in [1.165, 1.54) is 6.08 Å². The summed E-state index contributed by atoms with van der Waals surface area (Å²) in [6.07, 6.45) is 7.18. The summed E-state index contributed by atoms with van der Waals surface area (Å²) >= 11 is 0. The van der Waals surface area contributed by atoms with Crippen molar-refractivity contribution >= 4 is 5.97 Å². The van der Waals surface area contributed by atoms with Crippen LogP contribution >= 0.6 is 0 Å². The van der Waals surface area contributed by atoms with Gasteiger partial charge in [-0.25, -0.2) is 4.79 Å². The van der Waals surface area contributed by atoms with Crippen LogP contribution in [0, 0.1) is 5.92 Å². The molecule has 4 nitrogen and oxygen atoms in total. The zero-order chi connectivity index (χ0) is 15.2. The molecule has 0 aromatic carbocycles. The number of aromatic nitrogens is 2. The molecule has 1 rings (SSSR count). The van der Waals surface area contributed by atoms with Crippen LogP contribution in [-0.2, 0) is 22.0 Å². The third-order valence-corrected chi connectivity index (χ3v) is 3.30. The number of hydrogen-bond acceptors (Lipinski definition) is 3. The van der Waals surface area contributed by atoms with Crippen molar-refractivity contribution in [3.63, 3.8) is 0 Å². The van der Waals surface area contributed by atoms with Crippen molar-refractivity contribution in [2.24, 2.45) is 13.0 Å². The quantitative estimate of drug-likeness (QED) is 0.568. The van der Waals surface area contributed by atoms with Gasteiger partial charge in [0.1, 0.15) is 0 Å². The monoisotopic (exact) mass is 278 g/mol. The maximum Gasteiger partial charge on any atom is 0.330 e. The van der Waals surface area contributed by atoms with Crippen molar-refractivity contribution in [3.05, 3.63) is 30.1 Å². The van der Waals surface area contributed by atoms with Crippen LogP contribution in [0.25, 0.3) is 0 Å². The summed E-state index contributed by atoms with van der Waals surface area (Å²) in [7, 11) is 1.92. The molecule has 0 spiro atoms. The van der Waals surface area contributed by atoms with Gasteiger partial charge in [-0.3, -0.25) is 4.68 Å². The first kappa shape index (κ1) is 16.5. The van der Waals surface area contributed by atoms with E-state index >= 15 is 0 Å².